The number of amides is 1. The van der Waals surface area contributed by atoms with E-state index in [2.05, 4.69) is 17.1 Å². The zero-order valence-electron chi connectivity index (χ0n) is 21.6. The number of aromatic nitrogens is 2. The Bertz CT molecular complexity index is 1560. The van der Waals surface area contributed by atoms with Crippen molar-refractivity contribution < 1.29 is 18.7 Å². The Morgan fingerprint density at radius 2 is 1.84 bits per heavy atom. The average molecular weight is 520 g/mol. The summed E-state index contributed by atoms with van der Waals surface area (Å²) in [6, 6.07) is 8.37. The summed E-state index contributed by atoms with van der Waals surface area (Å²) in [5.41, 5.74) is 3.09. The molecule has 5 rings (SSSR count). The number of carbonyl (C=O) groups is 1. The van der Waals surface area contributed by atoms with Crippen LogP contribution in [-0.4, -0.2) is 29.8 Å². The van der Waals surface area contributed by atoms with Crippen molar-refractivity contribution in [2.24, 2.45) is 0 Å². The molecule has 3 heterocycles. The number of nitrogens with zero attached hydrogens (tertiary/aromatic N) is 3. The molecule has 2 aromatic heterocycles. The van der Waals surface area contributed by atoms with Gasteiger partial charge in [-0.1, -0.05) is 37.7 Å². The van der Waals surface area contributed by atoms with Crippen LogP contribution in [0, 0.1) is 13.8 Å². The number of methoxy groups -OCH3 is 1. The molecule has 0 fully saturated rings. The Morgan fingerprint density at radius 3 is 2.54 bits per heavy atom. The second-order valence-electron chi connectivity index (χ2n) is 9.13. The summed E-state index contributed by atoms with van der Waals surface area (Å²) in [5.74, 6) is 0.744. The molecule has 1 atom stereocenters. The molecule has 0 spiro atoms. The first kappa shape index (κ1) is 25.0. The minimum absolute atomic E-state index is 0.0289. The van der Waals surface area contributed by atoms with E-state index in [1.54, 1.807) is 7.11 Å². The van der Waals surface area contributed by atoms with Crippen LogP contribution in [-0.2, 0) is 6.42 Å². The van der Waals surface area contributed by atoms with Crippen LogP contribution >= 0.6 is 11.3 Å². The normalized spacial score (nSPS) is 14.9. The molecule has 0 bridgehead atoms. The van der Waals surface area contributed by atoms with Crippen molar-refractivity contribution in [2.75, 3.05) is 18.6 Å². The maximum absolute atomic E-state index is 13.9. The van der Waals surface area contributed by atoms with Crippen molar-refractivity contribution in [3.05, 3.63) is 73.6 Å². The Balaban J connectivity index is 1.72. The Kier molecular flexibility index (Phi) is 6.72. The van der Waals surface area contributed by atoms with E-state index in [1.165, 1.54) is 16.2 Å². The molecule has 192 valence electrons. The highest BCUT2D eigenvalue weighted by molar-refractivity contribution is 7.15. The molecule has 37 heavy (non-hydrogen) atoms. The van der Waals surface area contributed by atoms with Gasteiger partial charge in [-0.15, -0.1) is 10.2 Å². The van der Waals surface area contributed by atoms with E-state index >= 15 is 0 Å². The lowest BCUT2D eigenvalue weighted by Crippen LogP contribution is -2.29. The monoisotopic (exact) mass is 519 g/mol. The van der Waals surface area contributed by atoms with Gasteiger partial charge in [-0.25, -0.2) is 0 Å². The Labute approximate surface area is 218 Å². The first-order chi connectivity index (χ1) is 17.9. The molecule has 8 nitrogen and oxygen atoms in total. The molecule has 0 aliphatic carbocycles. The van der Waals surface area contributed by atoms with Gasteiger partial charge < -0.3 is 13.9 Å². The molecular weight excluding hydrogens is 490 g/mol. The van der Waals surface area contributed by atoms with Gasteiger partial charge in [-0.2, -0.15) is 0 Å². The van der Waals surface area contributed by atoms with Crippen molar-refractivity contribution in [1.82, 2.24) is 10.2 Å². The van der Waals surface area contributed by atoms with Crippen LogP contribution in [0.3, 0.4) is 0 Å². The summed E-state index contributed by atoms with van der Waals surface area (Å²) in [5, 5.41) is 10.2. The third-order valence-electron chi connectivity index (χ3n) is 6.71. The molecule has 0 saturated carbocycles. The van der Waals surface area contributed by atoms with Crippen molar-refractivity contribution >= 4 is 33.3 Å². The van der Waals surface area contributed by atoms with Crippen molar-refractivity contribution in [3.63, 3.8) is 0 Å². The van der Waals surface area contributed by atoms with Crippen molar-refractivity contribution in [1.29, 1.82) is 0 Å². The second-order valence-corrected chi connectivity index (χ2v) is 10.2. The summed E-state index contributed by atoms with van der Waals surface area (Å²) in [6.45, 7) is 8.55. The lowest BCUT2D eigenvalue weighted by atomic mass is 9.97. The Morgan fingerprint density at radius 1 is 1.05 bits per heavy atom. The zero-order valence-corrected chi connectivity index (χ0v) is 22.4. The third-order valence-corrected chi connectivity index (χ3v) is 7.78. The number of unbranched alkanes of at least 4 members (excludes halogenated alkanes) is 1. The zero-order chi connectivity index (χ0) is 26.3. The fourth-order valence-electron chi connectivity index (χ4n) is 4.53. The summed E-state index contributed by atoms with van der Waals surface area (Å²) >= 11 is 1.33. The van der Waals surface area contributed by atoms with Crippen LogP contribution in [0.15, 0.2) is 39.5 Å². The van der Waals surface area contributed by atoms with E-state index < -0.39 is 11.9 Å². The van der Waals surface area contributed by atoms with Gasteiger partial charge >= 0.3 is 0 Å². The van der Waals surface area contributed by atoms with Gasteiger partial charge in [0.15, 0.2) is 16.9 Å². The van der Waals surface area contributed by atoms with Gasteiger partial charge in [0.25, 0.3) is 5.91 Å². The van der Waals surface area contributed by atoms with Crippen molar-refractivity contribution in [2.45, 2.75) is 53.0 Å². The predicted molar refractivity (Wildman–Crippen MR) is 143 cm³/mol. The minimum atomic E-state index is -0.749. The number of ether oxygens (including phenoxy) is 2. The number of carbonyl (C=O) groups excluding carboxylic acids is 1. The molecule has 9 heteroatoms. The molecule has 0 radical (unpaired) electrons. The average Bonchev–Trinajstić information content (AvgIpc) is 3.48. The molecule has 0 saturated heterocycles. The highest BCUT2D eigenvalue weighted by Crippen LogP contribution is 2.44. The van der Waals surface area contributed by atoms with E-state index in [9.17, 15) is 9.59 Å². The maximum atomic E-state index is 13.9. The number of rotatable bonds is 8. The Hall–Kier alpha value is -3.72. The molecule has 1 aliphatic rings. The third kappa shape index (κ3) is 4.27. The number of benzene rings is 2. The largest absolute Gasteiger partial charge is 0.493 e. The van der Waals surface area contributed by atoms with Crippen LogP contribution < -0.4 is 19.8 Å². The summed E-state index contributed by atoms with van der Waals surface area (Å²) in [7, 11) is 1.57. The fourth-order valence-corrected chi connectivity index (χ4v) is 5.33. The van der Waals surface area contributed by atoms with Gasteiger partial charge in [0.2, 0.25) is 10.9 Å². The summed E-state index contributed by atoms with van der Waals surface area (Å²) in [4.78, 5) is 29.2. The standard InChI is InChI=1S/C28H29N3O5S/c1-6-8-11-35-19-10-9-17(14-21(19)34-5)24-23-25(32)18-12-15(3)16(4)13-20(18)36-26(23)27(33)31(24)28-30-29-22(7-2)37-28/h9-10,12-14,24H,6-8,11H2,1-5H3. The summed E-state index contributed by atoms with van der Waals surface area (Å²) < 4.78 is 17.7. The highest BCUT2D eigenvalue weighted by atomic mass is 32.1. The van der Waals surface area contributed by atoms with Gasteiger partial charge in [0.1, 0.15) is 10.6 Å². The van der Waals surface area contributed by atoms with Gasteiger partial charge in [0.05, 0.1) is 30.7 Å². The number of fused-ring (bicyclic) bond motifs is 2. The van der Waals surface area contributed by atoms with Gasteiger partial charge in [-0.3, -0.25) is 14.5 Å². The molecule has 1 unspecified atom stereocenters. The molecule has 2 aromatic carbocycles. The number of anilines is 1. The number of hydrogen-bond acceptors (Lipinski definition) is 8. The maximum Gasteiger partial charge on any atom is 0.297 e. The van der Waals surface area contributed by atoms with E-state index in [1.807, 2.05) is 51.1 Å². The van der Waals surface area contributed by atoms with Gasteiger partial charge in [0, 0.05) is 0 Å². The SMILES string of the molecule is CCCCOc1ccc(C2c3c(oc4cc(C)c(C)cc4c3=O)C(=O)N2c2nnc(CC)s2)cc1OC. The number of aryl methyl sites for hydroxylation is 3. The van der Waals surface area contributed by atoms with E-state index in [0.717, 1.165) is 29.0 Å². The molecule has 1 aliphatic heterocycles. The topological polar surface area (TPSA) is 94.8 Å². The molecule has 0 N–H and O–H groups in total. The lowest BCUT2D eigenvalue weighted by molar-refractivity contribution is 0.0970. The molecule has 1 amide bonds. The fraction of sp³-hybridized carbons (Fsp3) is 0.357. The molecular formula is C28H29N3O5S. The van der Waals surface area contributed by atoms with Gasteiger partial charge in [-0.05, 0) is 67.6 Å². The van der Waals surface area contributed by atoms with Crippen LogP contribution in [0.2, 0.25) is 0 Å². The minimum Gasteiger partial charge on any atom is -0.493 e. The quantitative estimate of drug-likeness (QED) is 0.273. The smallest absolute Gasteiger partial charge is 0.297 e. The van der Waals surface area contributed by atoms with E-state index in [-0.39, 0.29) is 16.8 Å². The first-order valence-corrected chi connectivity index (χ1v) is 13.2. The van der Waals surface area contributed by atoms with Crippen LogP contribution in [0.4, 0.5) is 5.13 Å². The second kappa shape index (κ2) is 9.97. The van der Waals surface area contributed by atoms with Crippen molar-refractivity contribution in [3.8, 4) is 11.5 Å². The molecule has 4 aromatic rings. The van der Waals surface area contributed by atoms with E-state index in [4.69, 9.17) is 13.9 Å². The first-order valence-electron chi connectivity index (χ1n) is 12.4. The summed E-state index contributed by atoms with van der Waals surface area (Å²) in [6.07, 6.45) is 2.63. The number of hydrogen-bond donors (Lipinski definition) is 0. The highest BCUT2D eigenvalue weighted by Gasteiger charge is 2.45. The van der Waals surface area contributed by atoms with E-state index in [0.29, 0.717) is 46.2 Å². The van der Waals surface area contributed by atoms with Crippen LogP contribution in [0.25, 0.3) is 11.0 Å². The lowest BCUT2D eigenvalue weighted by Gasteiger charge is -2.23. The van der Waals surface area contributed by atoms with Crippen LogP contribution in [0.5, 0.6) is 11.5 Å². The predicted octanol–water partition coefficient (Wildman–Crippen LogP) is 5.76. The van der Waals surface area contributed by atoms with Crippen LogP contribution in [0.1, 0.15) is 70.5 Å².